The molecule has 2 aliphatic carbocycles. The molecule has 8 heteroatoms. The van der Waals surface area contributed by atoms with Gasteiger partial charge in [-0.2, -0.15) is 10.4 Å². The van der Waals surface area contributed by atoms with Crippen molar-refractivity contribution < 1.29 is 9.53 Å². The molecule has 0 atom stereocenters. The predicted octanol–water partition coefficient (Wildman–Crippen LogP) is 5.64. The first-order chi connectivity index (χ1) is 17.6. The van der Waals surface area contributed by atoms with Crippen LogP contribution in [0.3, 0.4) is 0 Å². The van der Waals surface area contributed by atoms with Gasteiger partial charge >= 0.3 is 6.09 Å². The highest BCUT2D eigenvalue weighted by Gasteiger charge is 2.30. The predicted molar refractivity (Wildman–Crippen MR) is 139 cm³/mol. The maximum Gasteiger partial charge on any atom is 0.406 e. The highest BCUT2D eigenvalue weighted by Crippen LogP contribution is 2.38. The maximum atomic E-state index is 11.4. The Hall–Kier alpha value is -3.60. The lowest BCUT2D eigenvalue weighted by Gasteiger charge is -2.37. The van der Waals surface area contributed by atoms with Crippen LogP contribution < -0.4 is 10.6 Å². The topological polar surface area (TPSA) is 104 Å². The minimum atomic E-state index is -0.369. The fraction of sp³-hybridized carbons (Fsp3) is 0.500. The number of alkyl carbamates (subject to hydrolysis) is 1. The number of ether oxygens (including phenoxy) is 1. The van der Waals surface area contributed by atoms with Gasteiger partial charge in [0.1, 0.15) is 6.07 Å². The minimum absolute atomic E-state index is 0.369. The number of nitrogens with one attached hydrogen (secondary N) is 2. The van der Waals surface area contributed by atoms with Crippen molar-refractivity contribution in [3.63, 3.8) is 0 Å². The van der Waals surface area contributed by atoms with Gasteiger partial charge in [-0.3, -0.25) is 4.98 Å². The monoisotopic (exact) mass is 486 g/mol. The van der Waals surface area contributed by atoms with Gasteiger partial charge in [0, 0.05) is 24.5 Å². The number of amides is 1. The molecule has 2 saturated carbocycles. The molecule has 0 radical (unpaired) electrons. The van der Waals surface area contributed by atoms with Crippen LogP contribution in [0.5, 0.6) is 0 Å². The van der Waals surface area contributed by atoms with Crippen LogP contribution >= 0.6 is 0 Å². The highest BCUT2D eigenvalue weighted by molar-refractivity contribution is 5.69. The molecule has 0 aromatic carbocycles. The summed E-state index contributed by atoms with van der Waals surface area (Å²) >= 11 is 0. The van der Waals surface area contributed by atoms with Crippen molar-refractivity contribution in [2.24, 2.45) is 5.92 Å². The zero-order valence-corrected chi connectivity index (χ0v) is 20.9. The summed E-state index contributed by atoms with van der Waals surface area (Å²) < 4.78 is 6.54. The molecule has 8 nitrogen and oxygen atoms in total. The van der Waals surface area contributed by atoms with Crippen molar-refractivity contribution in [2.45, 2.75) is 69.7 Å². The molecule has 3 heterocycles. The number of rotatable bonds is 6. The molecule has 0 spiro atoms. The van der Waals surface area contributed by atoms with Crippen LogP contribution in [0.15, 0.2) is 36.7 Å². The zero-order chi connectivity index (χ0) is 24.9. The first-order valence-corrected chi connectivity index (χ1v) is 13.1. The molecule has 0 saturated heterocycles. The Kier molecular flexibility index (Phi) is 7.36. The second-order valence-corrected chi connectivity index (χ2v) is 10.2. The van der Waals surface area contributed by atoms with Crippen molar-refractivity contribution >= 4 is 17.3 Å². The smallest absolute Gasteiger partial charge is 0.406 e. The number of aromatic nitrogens is 3. The second-order valence-electron chi connectivity index (χ2n) is 10.2. The van der Waals surface area contributed by atoms with Crippen molar-refractivity contribution in [1.29, 1.82) is 5.26 Å². The third-order valence-corrected chi connectivity index (χ3v) is 7.69. The van der Waals surface area contributed by atoms with Crippen molar-refractivity contribution in [3.05, 3.63) is 47.8 Å². The normalized spacial score (nSPS) is 20.6. The van der Waals surface area contributed by atoms with Crippen LogP contribution in [0.2, 0.25) is 0 Å². The molecular formula is C28H34N6O2. The maximum absolute atomic E-state index is 11.4. The summed E-state index contributed by atoms with van der Waals surface area (Å²) in [5.74, 6) is 0.979. The summed E-state index contributed by atoms with van der Waals surface area (Å²) in [6.45, 7) is 0.647. The highest BCUT2D eigenvalue weighted by atomic mass is 16.5. The summed E-state index contributed by atoms with van der Waals surface area (Å²) in [6.07, 6.45) is 14.2. The summed E-state index contributed by atoms with van der Waals surface area (Å²) in [4.78, 5) is 16.3. The number of nitriles is 1. The minimum Gasteiger partial charge on any atom is -0.453 e. The SMILES string of the molecule is COC(=O)NCC1CC(Nc2cc(-c3ccc4cc(C#N)cnn34)ncc2C2CCCCCCC2)C1. The van der Waals surface area contributed by atoms with E-state index in [1.807, 2.05) is 22.7 Å². The molecule has 0 bridgehead atoms. The molecule has 2 fully saturated rings. The Labute approximate surface area is 212 Å². The first-order valence-electron chi connectivity index (χ1n) is 13.1. The van der Waals surface area contributed by atoms with Crippen molar-refractivity contribution in [2.75, 3.05) is 19.0 Å². The van der Waals surface area contributed by atoms with Crippen LogP contribution in [0.4, 0.5) is 10.5 Å². The lowest BCUT2D eigenvalue weighted by molar-refractivity contribution is 0.164. The van der Waals surface area contributed by atoms with Gasteiger partial charge in [-0.05, 0) is 67.3 Å². The van der Waals surface area contributed by atoms with E-state index in [-0.39, 0.29) is 6.09 Å². The number of hydrogen-bond donors (Lipinski definition) is 2. The number of pyridine rings is 1. The Morgan fingerprint density at radius 3 is 2.67 bits per heavy atom. The van der Waals surface area contributed by atoms with Gasteiger partial charge in [-0.25, -0.2) is 9.31 Å². The van der Waals surface area contributed by atoms with E-state index in [4.69, 9.17) is 9.72 Å². The van der Waals surface area contributed by atoms with Gasteiger partial charge in [0.2, 0.25) is 0 Å². The van der Waals surface area contributed by atoms with Crippen LogP contribution in [0.25, 0.3) is 16.9 Å². The van der Waals surface area contributed by atoms with Gasteiger partial charge < -0.3 is 15.4 Å². The lowest BCUT2D eigenvalue weighted by atomic mass is 9.79. The van der Waals surface area contributed by atoms with Crippen molar-refractivity contribution in [1.82, 2.24) is 19.9 Å². The van der Waals surface area contributed by atoms with E-state index >= 15 is 0 Å². The molecule has 3 aromatic heterocycles. The standard InChI is InChI=1S/C28H34N6O2/c1-36-28(35)31-16-19-11-22(12-19)33-25-14-26(27-10-9-23-13-20(15-29)17-32-34(23)27)30-18-24(25)21-7-5-3-2-4-6-8-21/h9-10,13-14,17-19,21-22H,2-8,11-12,16H2,1H3,(H,30,33)(H,31,35). The van der Waals surface area contributed by atoms with E-state index in [1.165, 1.54) is 63.3 Å². The van der Waals surface area contributed by atoms with Gasteiger partial charge in [0.05, 0.1) is 35.8 Å². The van der Waals surface area contributed by atoms with E-state index < -0.39 is 0 Å². The molecule has 2 N–H and O–H groups in total. The molecule has 36 heavy (non-hydrogen) atoms. The van der Waals surface area contributed by atoms with Crippen molar-refractivity contribution in [3.8, 4) is 17.5 Å². The molecule has 5 rings (SSSR count). The third-order valence-electron chi connectivity index (χ3n) is 7.69. The van der Waals surface area contributed by atoms with Crippen LogP contribution in [0.1, 0.15) is 74.8 Å². The number of hydrogen-bond acceptors (Lipinski definition) is 6. The summed E-state index contributed by atoms with van der Waals surface area (Å²) in [6, 6.07) is 10.5. The summed E-state index contributed by atoms with van der Waals surface area (Å²) in [5.41, 5.74) is 5.69. The molecule has 1 amide bonds. The molecule has 2 aliphatic rings. The molecule has 3 aromatic rings. The number of fused-ring (bicyclic) bond motifs is 1. The molecule has 0 aliphatic heterocycles. The average molecular weight is 487 g/mol. The molecule has 0 unspecified atom stereocenters. The number of methoxy groups -OCH3 is 1. The fourth-order valence-electron chi connectivity index (χ4n) is 5.62. The molecular weight excluding hydrogens is 452 g/mol. The van der Waals surface area contributed by atoms with E-state index in [2.05, 4.69) is 34.1 Å². The number of anilines is 1. The Morgan fingerprint density at radius 2 is 1.92 bits per heavy atom. The second kappa shape index (κ2) is 11.0. The largest absolute Gasteiger partial charge is 0.453 e. The Balaban J connectivity index is 1.39. The average Bonchev–Trinajstić information content (AvgIpc) is 3.28. The van der Waals surface area contributed by atoms with E-state index in [9.17, 15) is 10.1 Å². The number of nitrogens with zero attached hydrogens (tertiary/aromatic N) is 4. The molecule has 188 valence electrons. The van der Waals surface area contributed by atoms with E-state index in [0.29, 0.717) is 30.0 Å². The summed E-state index contributed by atoms with van der Waals surface area (Å²) in [7, 11) is 1.39. The number of carbonyl (C=O) groups is 1. The Morgan fingerprint density at radius 1 is 1.14 bits per heavy atom. The van der Waals surface area contributed by atoms with Gasteiger partial charge in [0.15, 0.2) is 0 Å². The quantitative estimate of drug-likeness (QED) is 0.467. The van der Waals surface area contributed by atoms with Crippen LogP contribution in [-0.4, -0.2) is 40.4 Å². The van der Waals surface area contributed by atoms with Crippen LogP contribution in [-0.2, 0) is 4.74 Å². The van der Waals surface area contributed by atoms with Crippen LogP contribution in [0, 0.1) is 17.2 Å². The van der Waals surface area contributed by atoms with E-state index in [0.717, 1.165) is 29.7 Å². The lowest BCUT2D eigenvalue weighted by Crippen LogP contribution is -2.42. The first kappa shape index (κ1) is 24.1. The third kappa shape index (κ3) is 5.30. The summed E-state index contributed by atoms with van der Waals surface area (Å²) in [5, 5.41) is 20.3. The fourth-order valence-corrected chi connectivity index (χ4v) is 5.62. The van der Waals surface area contributed by atoms with Gasteiger partial charge in [-0.15, -0.1) is 0 Å². The Bertz CT molecular complexity index is 1250. The number of carbonyl (C=O) groups excluding carboxylic acids is 1. The zero-order valence-electron chi connectivity index (χ0n) is 20.9. The van der Waals surface area contributed by atoms with E-state index in [1.54, 1.807) is 6.20 Å². The van der Waals surface area contributed by atoms with Gasteiger partial charge in [0.25, 0.3) is 0 Å². The van der Waals surface area contributed by atoms with Gasteiger partial charge in [-0.1, -0.05) is 32.1 Å².